The maximum absolute atomic E-state index is 5.88. The predicted molar refractivity (Wildman–Crippen MR) is 84.9 cm³/mol. The van der Waals surface area contributed by atoms with Crippen LogP contribution in [0.25, 0.3) is 0 Å². The number of rotatable bonds is 0. The number of hydrogen-bond acceptors (Lipinski definition) is 1. The highest BCUT2D eigenvalue weighted by Crippen LogP contribution is 2.64. The van der Waals surface area contributed by atoms with Crippen molar-refractivity contribution in [2.24, 2.45) is 35.0 Å². The molecule has 4 aliphatic carbocycles. The Kier molecular flexibility index (Phi) is 2.74. The van der Waals surface area contributed by atoms with Crippen molar-refractivity contribution >= 4 is 0 Å². The highest BCUT2D eigenvalue weighted by Gasteiger charge is 2.58. The van der Waals surface area contributed by atoms with Gasteiger partial charge in [0.2, 0.25) is 0 Å². The average Bonchev–Trinajstić information content (AvgIpc) is 3.16. The maximum atomic E-state index is 5.88. The SMILES string of the molecule is C/C=C1/CC[C@H]2[C@@H]3CC[C@@H]4C[C@H]5O[C@H]5C[C@@H]4[C@H]3CC[C@]12C. The molecule has 5 rings (SSSR count). The van der Waals surface area contributed by atoms with E-state index in [1.54, 1.807) is 5.57 Å². The van der Waals surface area contributed by atoms with Gasteiger partial charge in [-0.25, -0.2) is 0 Å². The van der Waals surface area contributed by atoms with Crippen LogP contribution in [-0.4, -0.2) is 12.2 Å². The van der Waals surface area contributed by atoms with Crippen LogP contribution in [0, 0.1) is 35.0 Å². The maximum Gasteiger partial charge on any atom is 0.0844 e. The van der Waals surface area contributed by atoms with E-state index < -0.39 is 0 Å². The standard InChI is InChI=1S/C20H30O/c1-3-13-5-7-17-15-6-4-12-10-18-19(21-18)11-16(12)14(15)8-9-20(13,17)2/h3,12,14-19H,4-11H2,1-2H3/b13-3-/t12-,14+,15-,16+,17+,18-,19+,20-/m1/s1. The minimum atomic E-state index is 0.566. The fourth-order valence-corrected chi connectivity index (χ4v) is 7.38. The van der Waals surface area contributed by atoms with Gasteiger partial charge in [-0.15, -0.1) is 0 Å². The highest BCUT2D eigenvalue weighted by atomic mass is 16.6. The van der Waals surface area contributed by atoms with Gasteiger partial charge < -0.3 is 4.74 Å². The third-order valence-electron chi connectivity index (χ3n) is 8.44. The zero-order chi connectivity index (χ0) is 14.2. The van der Waals surface area contributed by atoms with Crippen LogP contribution in [-0.2, 0) is 4.74 Å². The Morgan fingerprint density at radius 2 is 1.86 bits per heavy atom. The summed E-state index contributed by atoms with van der Waals surface area (Å²) < 4.78 is 5.88. The summed E-state index contributed by atoms with van der Waals surface area (Å²) >= 11 is 0. The van der Waals surface area contributed by atoms with Crippen LogP contribution >= 0.6 is 0 Å². The largest absolute Gasteiger partial charge is 0.370 e. The molecule has 4 saturated carbocycles. The van der Waals surface area contributed by atoms with Crippen molar-refractivity contribution in [3.63, 3.8) is 0 Å². The number of epoxide rings is 1. The fourth-order valence-electron chi connectivity index (χ4n) is 7.38. The van der Waals surface area contributed by atoms with E-state index in [9.17, 15) is 0 Å². The van der Waals surface area contributed by atoms with Gasteiger partial charge in [-0.05, 0) is 93.3 Å². The van der Waals surface area contributed by atoms with E-state index in [1.807, 2.05) is 0 Å². The molecule has 1 saturated heterocycles. The lowest BCUT2D eigenvalue weighted by Gasteiger charge is -2.54. The molecule has 0 aromatic rings. The van der Waals surface area contributed by atoms with Crippen LogP contribution in [0.4, 0.5) is 0 Å². The molecule has 1 nitrogen and oxygen atoms in total. The van der Waals surface area contributed by atoms with Crippen LogP contribution in [0.15, 0.2) is 11.6 Å². The predicted octanol–water partition coefficient (Wildman–Crippen LogP) is 4.96. The third-order valence-corrected chi connectivity index (χ3v) is 8.44. The lowest BCUT2D eigenvalue weighted by Crippen LogP contribution is -2.47. The number of fused-ring (bicyclic) bond motifs is 6. The van der Waals surface area contributed by atoms with E-state index in [2.05, 4.69) is 19.9 Å². The summed E-state index contributed by atoms with van der Waals surface area (Å²) in [5.74, 6) is 5.12. The summed E-state index contributed by atoms with van der Waals surface area (Å²) in [6.07, 6.45) is 15.5. The van der Waals surface area contributed by atoms with Gasteiger partial charge in [0.1, 0.15) is 0 Å². The summed E-state index contributed by atoms with van der Waals surface area (Å²) in [5.41, 5.74) is 2.36. The Hall–Kier alpha value is -0.300. The molecule has 8 atom stereocenters. The number of allylic oxidation sites excluding steroid dienone is 2. The molecule has 1 aliphatic heterocycles. The molecule has 21 heavy (non-hydrogen) atoms. The van der Waals surface area contributed by atoms with Gasteiger partial charge in [-0.2, -0.15) is 0 Å². The summed E-state index contributed by atoms with van der Waals surface area (Å²) in [5, 5.41) is 0. The fraction of sp³-hybridized carbons (Fsp3) is 0.900. The van der Waals surface area contributed by atoms with E-state index in [1.165, 1.54) is 51.4 Å². The second-order valence-electron chi connectivity index (χ2n) is 8.93. The molecule has 5 fully saturated rings. The molecule has 116 valence electrons. The lowest BCUT2D eigenvalue weighted by atomic mass is 9.50. The van der Waals surface area contributed by atoms with E-state index in [4.69, 9.17) is 4.74 Å². The minimum Gasteiger partial charge on any atom is -0.370 e. The van der Waals surface area contributed by atoms with Gasteiger partial charge in [-0.3, -0.25) is 0 Å². The van der Waals surface area contributed by atoms with Crippen molar-refractivity contribution in [3.8, 4) is 0 Å². The van der Waals surface area contributed by atoms with E-state index in [0.717, 1.165) is 29.6 Å². The first-order chi connectivity index (χ1) is 10.2. The van der Waals surface area contributed by atoms with Crippen molar-refractivity contribution in [1.82, 2.24) is 0 Å². The first-order valence-electron chi connectivity index (χ1n) is 9.52. The Morgan fingerprint density at radius 3 is 2.71 bits per heavy atom. The van der Waals surface area contributed by atoms with Crippen molar-refractivity contribution in [2.75, 3.05) is 0 Å². The van der Waals surface area contributed by atoms with Gasteiger partial charge >= 0.3 is 0 Å². The number of hydrogen-bond donors (Lipinski definition) is 0. The molecule has 0 bridgehead atoms. The van der Waals surface area contributed by atoms with E-state index in [-0.39, 0.29) is 0 Å². The van der Waals surface area contributed by atoms with Crippen LogP contribution in [0.3, 0.4) is 0 Å². The average molecular weight is 286 g/mol. The lowest BCUT2D eigenvalue weighted by molar-refractivity contribution is -0.0362. The molecular weight excluding hydrogens is 256 g/mol. The van der Waals surface area contributed by atoms with Crippen molar-refractivity contribution in [2.45, 2.75) is 77.4 Å². The molecule has 5 aliphatic rings. The first-order valence-corrected chi connectivity index (χ1v) is 9.52. The van der Waals surface area contributed by atoms with Gasteiger partial charge in [0, 0.05) is 0 Å². The first kappa shape index (κ1) is 13.2. The zero-order valence-electron chi connectivity index (χ0n) is 13.7. The Labute approximate surface area is 129 Å². The van der Waals surface area contributed by atoms with Crippen LogP contribution in [0.5, 0.6) is 0 Å². The van der Waals surface area contributed by atoms with Crippen LogP contribution < -0.4 is 0 Å². The molecular formula is C20H30O. The van der Waals surface area contributed by atoms with Gasteiger partial charge in [0.25, 0.3) is 0 Å². The normalized spacial score (nSPS) is 59.9. The summed E-state index contributed by atoms with van der Waals surface area (Å²) in [6, 6.07) is 0. The molecule has 0 amide bonds. The Bertz CT molecular complexity index is 480. The molecule has 0 spiro atoms. The quantitative estimate of drug-likeness (QED) is 0.453. The molecule has 0 unspecified atom stereocenters. The van der Waals surface area contributed by atoms with Crippen molar-refractivity contribution < 1.29 is 4.74 Å². The van der Waals surface area contributed by atoms with Crippen LogP contribution in [0.1, 0.15) is 65.2 Å². The van der Waals surface area contributed by atoms with Crippen molar-refractivity contribution in [3.05, 3.63) is 11.6 Å². The smallest absolute Gasteiger partial charge is 0.0844 e. The molecule has 1 heterocycles. The van der Waals surface area contributed by atoms with E-state index in [0.29, 0.717) is 17.6 Å². The molecule has 0 radical (unpaired) electrons. The minimum absolute atomic E-state index is 0.566. The Balaban J connectivity index is 1.43. The molecule has 1 heteroatoms. The number of ether oxygens (including phenoxy) is 1. The van der Waals surface area contributed by atoms with Crippen LogP contribution in [0.2, 0.25) is 0 Å². The molecule has 0 aromatic heterocycles. The molecule has 0 N–H and O–H groups in total. The highest BCUT2D eigenvalue weighted by molar-refractivity contribution is 5.23. The summed E-state index contributed by atoms with van der Waals surface area (Å²) in [4.78, 5) is 0. The summed E-state index contributed by atoms with van der Waals surface area (Å²) in [6.45, 7) is 4.88. The monoisotopic (exact) mass is 286 g/mol. The van der Waals surface area contributed by atoms with Gasteiger partial charge in [-0.1, -0.05) is 18.6 Å². The molecule has 0 aromatic carbocycles. The topological polar surface area (TPSA) is 12.5 Å². The third kappa shape index (κ3) is 1.73. The van der Waals surface area contributed by atoms with Gasteiger partial charge in [0.15, 0.2) is 0 Å². The van der Waals surface area contributed by atoms with E-state index >= 15 is 0 Å². The second-order valence-corrected chi connectivity index (χ2v) is 8.93. The zero-order valence-corrected chi connectivity index (χ0v) is 13.7. The van der Waals surface area contributed by atoms with Gasteiger partial charge in [0.05, 0.1) is 12.2 Å². The second kappa shape index (κ2) is 4.37. The Morgan fingerprint density at radius 1 is 1.00 bits per heavy atom. The van der Waals surface area contributed by atoms with Crippen molar-refractivity contribution in [1.29, 1.82) is 0 Å². The summed E-state index contributed by atoms with van der Waals surface area (Å²) in [7, 11) is 0.